The average molecular weight is 561 g/mol. The third-order valence-electron chi connectivity index (χ3n) is 7.40. The Kier molecular flexibility index (Phi) is 7.77. The molecule has 2 amide bonds. The normalized spacial score (nSPS) is 14.8. The van der Waals surface area contributed by atoms with Crippen molar-refractivity contribution in [1.29, 1.82) is 5.26 Å². The number of carbonyl (C=O) groups excluding carboxylic acids is 2. The van der Waals surface area contributed by atoms with Crippen molar-refractivity contribution in [1.82, 2.24) is 9.61 Å². The van der Waals surface area contributed by atoms with Gasteiger partial charge >= 0.3 is 6.30 Å². The van der Waals surface area contributed by atoms with Crippen LogP contribution in [0, 0.1) is 17.2 Å². The molecule has 0 unspecified atom stereocenters. The fourth-order valence-corrected chi connectivity index (χ4v) is 5.20. The maximum atomic E-state index is 14.0. The maximum Gasteiger partial charge on any atom is 0.491 e. The molecule has 41 heavy (non-hydrogen) atoms. The number of rotatable bonds is 6. The molecule has 8 nitrogen and oxygen atoms in total. The zero-order valence-electron chi connectivity index (χ0n) is 21.9. The third-order valence-corrected chi connectivity index (χ3v) is 7.40. The molecule has 1 fully saturated rings. The summed E-state index contributed by atoms with van der Waals surface area (Å²) in [6, 6.07) is 15.4. The molecule has 11 heteroatoms. The Balaban J connectivity index is 1.38. The lowest BCUT2D eigenvalue weighted by molar-refractivity contribution is -0.122. The van der Waals surface area contributed by atoms with Crippen LogP contribution in [0.1, 0.15) is 48.0 Å². The van der Waals surface area contributed by atoms with Gasteiger partial charge in [0.2, 0.25) is 5.91 Å². The second-order valence-electron chi connectivity index (χ2n) is 10.1. The number of carbonyl (C=O) groups is 2. The fraction of sp³-hybridized carbons (Fsp3) is 0.267. The van der Waals surface area contributed by atoms with Crippen molar-refractivity contribution < 1.29 is 22.8 Å². The predicted octanol–water partition coefficient (Wildman–Crippen LogP) is 5.89. The monoisotopic (exact) mass is 560 g/mol. The molecule has 0 radical (unpaired) electrons. The number of nitrogens with zero attached hydrogens (tertiary/aromatic N) is 4. The van der Waals surface area contributed by atoms with Crippen molar-refractivity contribution in [3.8, 4) is 17.2 Å². The van der Waals surface area contributed by atoms with Crippen LogP contribution in [0.15, 0.2) is 73.1 Å². The van der Waals surface area contributed by atoms with Crippen LogP contribution in [0.5, 0.6) is 0 Å². The van der Waals surface area contributed by atoms with Crippen molar-refractivity contribution in [2.45, 2.75) is 44.4 Å². The van der Waals surface area contributed by atoms with Crippen LogP contribution in [0.25, 0.3) is 16.6 Å². The highest BCUT2D eigenvalue weighted by molar-refractivity contribution is 6.07. The number of benzene rings is 2. The van der Waals surface area contributed by atoms with Gasteiger partial charge in [-0.3, -0.25) is 9.59 Å². The molecule has 1 atom stereocenters. The van der Waals surface area contributed by atoms with E-state index in [0.717, 1.165) is 37.8 Å². The van der Waals surface area contributed by atoms with Crippen molar-refractivity contribution in [3.63, 3.8) is 0 Å². The molecule has 4 aromatic rings. The molecule has 210 valence electrons. The first-order valence-corrected chi connectivity index (χ1v) is 13.2. The first-order valence-electron chi connectivity index (χ1n) is 13.2. The lowest BCUT2D eigenvalue weighted by atomic mass is 9.84. The lowest BCUT2D eigenvalue weighted by Gasteiger charge is -2.26. The summed E-state index contributed by atoms with van der Waals surface area (Å²) in [7, 11) is 0. The largest absolute Gasteiger partial charge is 0.491 e. The van der Waals surface area contributed by atoms with Gasteiger partial charge in [-0.1, -0.05) is 31.4 Å². The van der Waals surface area contributed by atoms with E-state index in [1.54, 1.807) is 30.5 Å². The highest BCUT2D eigenvalue weighted by Crippen LogP contribution is 2.32. The van der Waals surface area contributed by atoms with Crippen LogP contribution < -0.4 is 16.0 Å². The SMILES string of the molecule is N#Cc1ccc(N(C(=O)c2ccn3ncc(-c4ccc(NC(=O)[C@@H](N)C5CCCCC5)cc4)c3c2)C(F)(F)F)cc1. The molecule has 1 aliphatic rings. The number of anilines is 2. The predicted molar refractivity (Wildman–Crippen MR) is 148 cm³/mol. The Hall–Kier alpha value is -4.69. The molecule has 0 aliphatic heterocycles. The Bertz CT molecular complexity index is 1600. The van der Waals surface area contributed by atoms with Crippen LogP contribution in [0.2, 0.25) is 0 Å². The number of nitrogens with two attached hydrogens (primary N) is 1. The highest BCUT2D eigenvalue weighted by atomic mass is 19.4. The Morgan fingerprint density at radius 2 is 1.73 bits per heavy atom. The van der Waals surface area contributed by atoms with Gasteiger partial charge in [0.15, 0.2) is 0 Å². The average Bonchev–Trinajstić information content (AvgIpc) is 3.40. The minimum atomic E-state index is -5.00. The van der Waals surface area contributed by atoms with Crippen molar-refractivity contribution in [3.05, 3.63) is 84.2 Å². The Labute approximate surface area is 234 Å². The van der Waals surface area contributed by atoms with Gasteiger partial charge in [0.05, 0.1) is 35.1 Å². The number of fused-ring (bicyclic) bond motifs is 1. The molecule has 3 N–H and O–H groups in total. The molecule has 2 heterocycles. The molecular formula is C30H27F3N6O2. The van der Waals surface area contributed by atoms with Gasteiger partial charge in [0.25, 0.3) is 5.91 Å². The minimum absolute atomic E-state index is 0.170. The number of nitriles is 1. The van der Waals surface area contributed by atoms with Crippen LogP contribution in [-0.4, -0.2) is 33.8 Å². The summed E-state index contributed by atoms with van der Waals surface area (Å²) in [6.45, 7) is 0. The van der Waals surface area contributed by atoms with Gasteiger partial charge in [-0.2, -0.15) is 10.4 Å². The molecule has 0 saturated heterocycles. The molecule has 2 aromatic carbocycles. The quantitative estimate of drug-likeness (QED) is 0.286. The van der Waals surface area contributed by atoms with Gasteiger partial charge in [-0.05, 0) is 72.9 Å². The number of amides is 2. The van der Waals surface area contributed by atoms with Crippen LogP contribution >= 0.6 is 0 Å². The van der Waals surface area contributed by atoms with Gasteiger partial charge in [-0.15, -0.1) is 13.2 Å². The summed E-state index contributed by atoms with van der Waals surface area (Å²) in [6.07, 6.45) is 3.19. The van der Waals surface area contributed by atoms with E-state index in [1.807, 2.05) is 6.07 Å². The van der Waals surface area contributed by atoms with Crippen LogP contribution in [-0.2, 0) is 4.79 Å². The zero-order valence-corrected chi connectivity index (χ0v) is 21.9. The summed E-state index contributed by atoms with van der Waals surface area (Å²) in [5.41, 5.74) is 8.06. The van der Waals surface area contributed by atoms with Crippen LogP contribution in [0.3, 0.4) is 0 Å². The number of hydrogen-bond donors (Lipinski definition) is 2. The molecule has 2 aromatic heterocycles. The molecule has 0 bridgehead atoms. The van der Waals surface area contributed by atoms with E-state index in [2.05, 4.69) is 10.4 Å². The van der Waals surface area contributed by atoms with Crippen molar-refractivity contribution in [2.75, 3.05) is 10.2 Å². The summed E-state index contributed by atoms with van der Waals surface area (Å²) in [5.74, 6) is -1.34. The van der Waals surface area contributed by atoms with E-state index in [9.17, 15) is 22.8 Å². The fourth-order valence-electron chi connectivity index (χ4n) is 5.20. The second-order valence-corrected chi connectivity index (χ2v) is 10.1. The van der Waals surface area contributed by atoms with E-state index in [-0.39, 0.29) is 27.9 Å². The highest BCUT2D eigenvalue weighted by Gasteiger charge is 2.42. The Morgan fingerprint density at radius 3 is 2.37 bits per heavy atom. The summed E-state index contributed by atoms with van der Waals surface area (Å²) in [5, 5.41) is 16.1. The summed E-state index contributed by atoms with van der Waals surface area (Å²) < 4.78 is 43.4. The van der Waals surface area contributed by atoms with E-state index in [1.165, 1.54) is 41.4 Å². The first-order chi connectivity index (χ1) is 19.7. The molecule has 0 spiro atoms. The molecule has 5 rings (SSSR count). The van der Waals surface area contributed by atoms with Gasteiger partial charge in [-0.25, -0.2) is 9.42 Å². The number of hydrogen-bond acceptors (Lipinski definition) is 5. The number of pyridine rings is 1. The minimum Gasteiger partial charge on any atom is -0.325 e. The topological polar surface area (TPSA) is 117 Å². The van der Waals surface area contributed by atoms with Crippen LogP contribution in [0.4, 0.5) is 24.5 Å². The van der Waals surface area contributed by atoms with Gasteiger partial charge in [0.1, 0.15) is 0 Å². The number of halogens is 3. The number of aromatic nitrogens is 2. The maximum absolute atomic E-state index is 14.0. The molecule has 1 aliphatic carbocycles. The first kappa shape index (κ1) is 27.9. The Morgan fingerprint density at radius 1 is 1.05 bits per heavy atom. The summed E-state index contributed by atoms with van der Waals surface area (Å²) >= 11 is 0. The summed E-state index contributed by atoms with van der Waals surface area (Å²) in [4.78, 5) is 25.6. The third kappa shape index (κ3) is 5.93. The zero-order chi connectivity index (χ0) is 29.1. The smallest absolute Gasteiger partial charge is 0.325 e. The van der Waals surface area contributed by atoms with E-state index >= 15 is 0 Å². The van der Waals surface area contributed by atoms with E-state index in [4.69, 9.17) is 11.0 Å². The van der Waals surface area contributed by atoms with Gasteiger partial charge < -0.3 is 11.1 Å². The molecule has 1 saturated carbocycles. The lowest BCUT2D eigenvalue weighted by Crippen LogP contribution is -2.43. The van der Waals surface area contributed by atoms with Crippen molar-refractivity contribution in [2.24, 2.45) is 11.7 Å². The van der Waals surface area contributed by atoms with E-state index in [0.29, 0.717) is 22.3 Å². The molecular weight excluding hydrogens is 533 g/mol. The second kappa shape index (κ2) is 11.4. The standard InChI is InChI=1S/C30H27F3N6O2/c31-30(32,33)39(24-12-6-19(17-34)7-13-24)29(41)22-14-15-38-26(16-22)25(18-36-38)20-8-10-23(11-9-20)37-28(40)27(35)21-4-2-1-3-5-21/h6-16,18,21,27H,1-5,35H2,(H,37,40)/t27-/m0/s1. The van der Waals surface area contributed by atoms with Gasteiger partial charge in [0, 0.05) is 23.0 Å². The van der Waals surface area contributed by atoms with Crippen molar-refractivity contribution >= 4 is 28.7 Å². The number of nitrogens with one attached hydrogen (secondary N) is 1. The number of alkyl halides is 3. The van der Waals surface area contributed by atoms with E-state index < -0.39 is 23.9 Å².